The molecule has 4 heteroatoms. The minimum atomic E-state index is -0.969. The molecule has 1 aliphatic carbocycles. The molecule has 0 bridgehead atoms. The van der Waals surface area contributed by atoms with E-state index in [-0.39, 0.29) is 6.61 Å². The third-order valence-electron chi connectivity index (χ3n) is 5.74. The van der Waals surface area contributed by atoms with Gasteiger partial charge >= 0.3 is 5.97 Å². The highest BCUT2D eigenvalue weighted by Crippen LogP contribution is 2.44. The van der Waals surface area contributed by atoms with Crippen molar-refractivity contribution < 1.29 is 14.6 Å². The van der Waals surface area contributed by atoms with Crippen LogP contribution in [-0.2, 0) is 11.2 Å². The van der Waals surface area contributed by atoms with Gasteiger partial charge in [0.2, 0.25) is 0 Å². The van der Waals surface area contributed by atoms with E-state index in [1.165, 1.54) is 40.8 Å². The van der Waals surface area contributed by atoms with Gasteiger partial charge in [0.15, 0.2) is 6.61 Å². The van der Waals surface area contributed by atoms with Gasteiger partial charge in [-0.25, -0.2) is 4.79 Å². The van der Waals surface area contributed by atoms with Crippen molar-refractivity contribution in [2.75, 3.05) is 6.61 Å². The highest BCUT2D eigenvalue weighted by molar-refractivity contribution is 5.71. The topological polar surface area (TPSA) is 50.9 Å². The Balaban J connectivity index is 1.59. The Bertz CT molecular complexity index is 1210. The lowest BCUT2D eigenvalue weighted by atomic mass is 9.95. The van der Waals surface area contributed by atoms with Crippen molar-refractivity contribution >= 4 is 11.5 Å². The molecule has 0 spiro atoms. The monoisotopic (exact) mass is 397 g/mol. The predicted octanol–water partition coefficient (Wildman–Crippen LogP) is 5.54. The zero-order valence-corrected chi connectivity index (χ0v) is 16.6. The maximum absolute atomic E-state index is 11.0. The van der Waals surface area contributed by atoms with Crippen LogP contribution in [0.15, 0.2) is 79.0 Å². The molecule has 2 heterocycles. The number of aromatic nitrogens is 1. The number of aliphatic carboxylic acids is 1. The van der Waals surface area contributed by atoms with Gasteiger partial charge in [-0.2, -0.15) is 0 Å². The third-order valence-corrected chi connectivity index (χ3v) is 5.74. The van der Waals surface area contributed by atoms with E-state index in [2.05, 4.69) is 65.2 Å². The first kappa shape index (κ1) is 18.5. The molecule has 1 fully saturated rings. The Labute approximate surface area is 175 Å². The van der Waals surface area contributed by atoms with E-state index in [9.17, 15) is 4.79 Å². The van der Waals surface area contributed by atoms with Gasteiger partial charge in [-0.1, -0.05) is 54.6 Å². The molecule has 2 aromatic carbocycles. The van der Waals surface area contributed by atoms with Crippen LogP contribution in [0.5, 0.6) is 5.75 Å². The number of carboxylic acids is 1. The number of carbonyl (C=O) groups is 1. The minimum absolute atomic E-state index is 0.338. The van der Waals surface area contributed by atoms with Gasteiger partial charge in [0, 0.05) is 18.3 Å². The van der Waals surface area contributed by atoms with E-state index in [0.717, 1.165) is 11.9 Å². The largest absolute Gasteiger partial charge is 0.480 e. The van der Waals surface area contributed by atoms with Gasteiger partial charge in [0.1, 0.15) is 5.75 Å². The second-order valence-corrected chi connectivity index (χ2v) is 7.83. The van der Waals surface area contributed by atoms with Crippen LogP contribution in [0, 0.1) is 0 Å². The normalized spacial score (nSPS) is 13.5. The van der Waals surface area contributed by atoms with Gasteiger partial charge in [-0.3, -0.25) is 0 Å². The molecule has 0 amide bonds. The average Bonchev–Trinajstić information content (AvgIpc) is 3.55. The van der Waals surface area contributed by atoms with Crippen molar-refractivity contribution in [3.05, 3.63) is 95.8 Å². The zero-order valence-electron chi connectivity index (χ0n) is 16.6. The molecule has 1 saturated carbocycles. The molecule has 1 aliphatic rings. The molecule has 5 rings (SSSR count). The highest BCUT2D eigenvalue weighted by atomic mass is 16.5. The van der Waals surface area contributed by atoms with Crippen LogP contribution in [0.2, 0.25) is 0 Å². The Morgan fingerprint density at radius 2 is 1.77 bits per heavy atom. The Hall–Kier alpha value is -3.53. The number of pyridine rings is 1. The molecule has 1 N–H and O–H groups in total. The molecule has 150 valence electrons. The summed E-state index contributed by atoms with van der Waals surface area (Å²) in [7, 11) is 0. The van der Waals surface area contributed by atoms with E-state index in [4.69, 9.17) is 9.84 Å². The smallest absolute Gasteiger partial charge is 0.341 e. The Morgan fingerprint density at radius 1 is 1.00 bits per heavy atom. The maximum Gasteiger partial charge on any atom is 0.341 e. The van der Waals surface area contributed by atoms with E-state index >= 15 is 0 Å². The lowest BCUT2D eigenvalue weighted by Gasteiger charge is -2.13. The minimum Gasteiger partial charge on any atom is -0.480 e. The summed E-state index contributed by atoms with van der Waals surface area (Å²) in [4.78, 5) is 11.0. The number of hydrogen-bond donors (Lipinski definition) is 1. The summed E-state index contributed by atoms with van der Waals surface area (Å²) in [6.07, 6.45) is 5.27. The first-order chi connectivity index (χ1) is 14.7. The van der Waals surface area contributed by atoms with Crippen LogP contribution >= 0.6 is 0 Å². The summed E-state index contributed by atoms with van der Waals surface area (Å²) >= 11 is 0. The van der Waals surface area contributed by atoms with Crippen molar-refractivity contribution in [3.8, 4) is 16.9 Å². The van der Waals surface area contributed by atoms with Crippen LogP contribution in [-0.4, -0.2) is 22.1 Å². The number of benzene rings is 2. The van der Waals surface area contributed by atoms with Crippen molar-refractivity contribution in [1.29, 1.82) is 0 Å². The van der Waals surface area contributed by atoms with Gasteiger partial charge in [0.05, 0.1) is 5.52 Å². The second-order valence-electron chi connectivity index (χ2n) is 7.83. The molecule has 0 radical (unpaired) electrons. The molecule has 30 heavy (non-hydrogen) atoms. The molecule has 2 aromatic heterocycles. The summed E-state index contributed by atoms with van der Waals surface area (Å²) in [5.74, 6) is 0.225. The molecule has 0 saturated heterocycles. The molecular weight excluding hydrogens is 374 g/mol. The fourth-order valence-corrected chi connectivity index (χ4v) is 4.20. The second kappa shape index (κ2) is 7.71. The van der Waals surface area contributed by atoms with E-state index in [1.807, 2.05) is 18.2 Å². The van der Waals surface area contributed by atoms with Crippen molar-refractivity contribution in [2.45, 2.75) is 25.2 Å². The standard InChI is InChI=1S/C26H23NO3/c28-26(29)17-30-25-11-6-14-27-23(22(16-24(25)27)19-12-13-19)15-20-9-4-5-10-21(20)18-7-2-1-3-8-18/h1-11,14,16,19H,12-13,15,17H2,(H,28,29). The number of ether oxygens (including phenoxy) is 1. The van der Waals surface area contributed by atoms with E-state index in [1.54, 1.807) is 0 Å². The number of fused-ring (bicyclic) bond motifs is 1. The predicted molar refractivity (Wildman–Crippen MR) is 117 cm³/mol. The Morgan fingerprint density at radius 3 is 2.53 bits per heavy atom. The summed E-state index contributed by atoms with van der Waals surface area (Å²) in [5, 5.41) is 9.01. The van der Waals surface area contributed by atoms with E-state index in [0.29, 0.717) is 11.7 Å². The van der Waals surface area contributed by atoms with Crippen LogP contribution in [0.4, 0.5) is 0 Å². The van der Waals surface area contributed by atoms with Crippen LogP contribution in [0.1, 0.15) is 35.6 Å². The number of nitrogens with zero attached hydrogens (tertiary/aromatic N) is 1. The van der Waals surface area contributed by atoms with Crippen molar-refractivity contribution in [1.82, 2.24) is 4.40 Å². The summed E-state index contributed by atoms with van der Waals surface area (Å²) in [6.45, 7) is -0.338. The molecule has 0 atom stereocenters. The molecule has 0 unspecified atom stereocenters. The summed E-state index contributed by atoms with van der Waals surface area (Å²) in [5.41, 5.74) is 7.29. The maximum atomic E-state index is 11.0. The average molecular weight is 397 g/mol. The molecule has 4 nitrogen and oxygen atoms in total. The first-order valence-electron chi connectivity index (χ1n) is 10.3. The molecule has 4 aromatic rings. The van der Waals surface area contributed by atoms with Crippen molar-refractivity contribution in [3.63, 3.8) is 0 Å². The van der Waals surface area contributed by atoms with Gasteiger partial charge in [0.25, 0.3) is 0 Å². The number of hydrogen-bond acceptors (Lipinski definition) is 2. The quantitative estimate of drug-likeness (QED) is 0.446. The number of rotatable bonds is 7. The highest BCUT2D eigenvalue weighted by Gasteiger charge is 2.29. The zero-order chi connectivity index (χ0) is 20.5. The van der Waals surface area contributed by atoms with Crippen LogP contribution < -0.4 is 4.74 Å². The fourth-order valence-electron chi connectivity index (χ4n) is 4.20. The Kier molecular flexibility index (Phi) is 4.75. The number of carboxylic acid groups (broad SMARTS) is 1. The first-order valence-corrected chi connectivity index (χ1v) is 10.3. The lowest BCUT2D eigenvalue weighted by Crippen LogP contribution is -2.10. The fraction of sp³-hybridized carbons (Fsp3) is 0.192. The molecular formula is C26H23NO3. The van der Waals surface area contributed by atoms with Crippen LogP contribution in [0.3, 0.4) is 0 Å². The summed E-state index contributed by atoms with van der Waals surface area (Å²) < 4.78 is 7.75. The SMILES string of the molecule is O=C(O)COc1cccn2c(Cc3ccccc3-c3ccccc3)c(C3CC3)cc12. The van der Waals surface area contributed by atoms with E-state index < -0.39 is 5.97 Å². The molecule has 0 aliphatic heterocycles. The van der Waals surface area contributed by atoms with Crippen LogP contribution in [0.25, 0.3) is 16.6 Å². The van der Waals surface area contributed by atoms with Crippen molar-refractivity contribution in [2.24, 2.45) is 0 Å². The van der Waals surface area contributed by atoms with Gasteiger partial charge < -0.3 is 14.2 Å². The third kappa shape index (κ3) is 3.57. The lowest BCUT2D eigenvalue weighted by molar-refractivity contribution is -0.139. The van der Waals surface area contributed by atoms with Gasteiger partial charge in [-0.05, 0) is 59.2 Å². The van der Waals surface area contributed by atoms with Gasteiger partial charge in [-0.15, -0.1) is 0 Å². The summed E-state index contributed by atoms with van der Waals surface area (Å²) in [6, 6.07) is 25.0.